The van der Waals surface area contributed by atoms with E-state index in [1.807, 2.05) is 41.3 Å². The minimum absolute atomic E-state index is 0.131. The van der Waals surface area contributed by atoms with Crippen LogP contribution in [0, 0.1) is 0 Å². The van der Waals surface area contributed by atoms with E-state index in [1.54, 1.807) is 43.5 Å². The fourth-order valence-electron chi connectivity index (χ4n) is 4.01. The highest BCUT2D eigenvalue weighted by atomic mass is 35.5. The molecule has 3 aromatic rings. The average Bonchev–Trinajstić information content (AvgIpc) is 2.85. The lowest BCUT2D eigenvalue weighted by Crippen LogP contribution is -2.41. The van der Waals surface area contributed by atoms with Crippen molar-refractivity contribution in [3.8, 4) is 5.75 Å². The summed E-state index contributed by atoms with van der Waals surface area (Å²) in [5.74, 6) is 0.665. The molecular formula is C26H26ClN3O3. The van der Waals surface area contributed by atoms with Crippen LogP contribution in [-0.2, 0) is 0 Å². The maximum Gasteiger partial charge on any atom is 0.321 e. The summed E-state index contributed by atoms with van der Waals surface area (Å²) in [7, 11) is 1.59. The maximum absolute atomic E-state index is 12.8. The first-order valence-corrected chi connectivity index (χ1v) is 11.3. The van der Waals surface area contributed by atoms with Gasteiger partial charge >= 0.3 is 6.03 Å². The molecule has 0 unspecified atom stereocenters. The Labute approximate surface area is 198 Å². The topological polar surface area (TPSA) is 70.7 Å². The highest BCUT2D eigenvalue weighted by Gasteiger charge is 2.25. The van der Waals surface area contributed by atoms with E-state index < -0.39 is 0 Å². The zero-order valence-corrected chi connectivity index (χ0v) is 19.1. The van der Waals surface area contributed by atoms with Gasteiger partial charge in [0, 0.05) is 47.0 Å². The summed E-state index contributed by atoms with van der Waals surface area (Å²) in [6.07, 6.45) is 1.87. The summed E-state index contributed by atoms with van der Waals surface area (Å²) < 4.78 is 5.22. The summed E-state index contributed by atoms with van der Waals surface area (Å²) >= 11 is 5.92. The van der Waals surface area contributed by atoms with E-state index in [-0.39, 0.29) is 17.9 Å². The van der Waals surface area contributed by atoms with E-state index >= 15 is 0 Å². The molecule has 2 N–H and O–H groups in total. The van der Waals surface area contributed by atoms with E-state index in [2.05, 4.69) is 10.6 Å². The van der Waals surface area contributed by atoms with Gasteiger partial charge in [-0.3, -0.25) is 4.79 Å². The van der Waals surface area contributed by atoms with Crippen LogP contribution < -0.4 is 15.4 Å². The second-order valence-electron chi connectivity index (χ2n) is 8.03. The number of methoxy groups -OCH3 is 1. The quantitative estimate of drug-likeness (QED) is 0.486. The SMILES string of the molecule is COc1cccc(NC(=O)c2cccc([C@@H]3CCCN(C(=O)Nc4ccc(Cl)cc4)C3)c2)c1. The first kappa shape index (κ1) is 22.7. The number of benzene rings is 3. The molecule has 0 aromatic heterocycles. The Bertz CT molecular complexity index is 1130. The van der Waals surface area contributed by atoms with Gasteiger partial charge in [0.25, 0.3) is 5.91 Å². The minimum atomic E-state index is -0.182. The highest BCUT2D eigenvalue weighted by Crippen LogP contribution is 2.28. The highest BCUT2D eigenvalue weighted by molar-refractivity contribution is 6.30. The van der Waals surface area contributed by atoms with Gasteiger partial charge in [-0.05, 0) is 66.9 Å². The van der Waals surface area contributed by atoms with Gasteiger partial charge in [-0.25, -0.2) is 4.79 Å². The lowest BCUT2D eigenvalue weighted by Gasteiger charge is -2.33. The molecule has 170 valence electrons. The molecule has 0 spiro atoms. The molecule has 1 atom stereocenters. The second kappa shape index (κ2) is 10.4. The Balaban J connectivity index is 1.42. The van der Waals surface area contributed by atoms with Gasteiger partial charge in [0.05, 0.1) is 7.11 Å². The maximum atomic E-state index is 12.8. The number of piperidine rings is 1. The normalized spacial score (nSPS) is 15.6. The predicted molar refractivity (Wildman–Crippen MR) is 131 cm³/mol. The van der Waals surface area contributed by atoms with Gasteiger partial charge in [0.1, 0.15) is 5.75 Å². The number of rotatable bonds is 5. The van der Waals surface area contributed by atoms with Crippen molar-refractivity contribution in [2.45, 2.75) is 18.8 Å². The number of nitrogens with zero attached hydrogens (tertiary/aromatic N) is 1. The van der Waals surface area contributed by atoms with Crippen molar-refractivity contribution in [3.63, 3.8) is 0 Å². The summed E-state index contributed by atoms with van der Waals surface area (Å²) in [6.45, 7) is 1.30. The average molecular weight is 464 g/mol. The Kier molecular flexibility index (Phi) is 7.15. The Morgan fingerprint density at radius 3 is 2.55 bits per heavy atom. The zero-order valence-electron chi connectivity index (χ0n) is 18.4. The van der Waals surface area contributed by atoms with E-state index in [0.29, 0.717) is 40.8 Å². The van der Waals surface area contributed by atoms with Crippen LogP contribution >= 0.6 is 11.6 Å². The van der Waals surface area contributed by atoms with Crippen molar-refractivity contribution >= 4 is 34.9 Å². The van der Waals surface area contributed by atoms with Gasteiger partial charge in [0.15, 0.2) is 0 Å². The van der Waals surface area contributed by atoms with Gasteiger partial charge in [-0.1, -0.05) is 29.8 Å². The van der Waals surface area contributed by atoms with E-state index in [0.717, 1.165) is 18.4 Å². The van der Waals surface area contributed by atoms with Crippen LogP contribution in [-0.4, -0.2) is 37.0 Å². The molecule has 3 amide bonds. The summed E-state index contributed by atoms with van der Waals surface area (Å²) in [6, 6.07) is 21.8. The number of hydrogen-bond acceptors (Lipinski definition) is 3. The smallest absolute Gasteiger partial charge is 0.321 e. The lowest BCUT2D eigenvalue weighted by molar-refractivity contribution is 0.102. The second-order valence-corrected chi connectivity index (χ2v) is 8.47. The third kappa shape index (κ3) is 5.84. The third-order valence-corrected chi connectivity index (χ3v) is 6.00. The monoisotopic (exact) mass is 463 g/mol. The van der Waals surface area contributed by atoms with Crippen LogP contribution in [0.25, 0.3) is 0 Å². The number of ether oxygens (including phenoxy) is 1. The van der Waals surface area contributed by atoms with Crippen molar-refractivity contribution in [1.82, 2.24) is 4.90 Å². The largest absolute Gasteiger partial charge is 0.497 e. The van der Waals surface area contributed by atoms with Crippen molar-refractivity contribution in [2.75, 3.05) is 30.8 Å². The van der Waals surface area contributed by atoms with Crippen LogP contribution in [0.3, 0.4) is 0 Å². The number of urea groups is 1. The predicted octanol–water partition coefficient (Wildman–Crippen LogP) is 6.01. The van der Waals surface area contributed by atoms with Crippen LogP contribution in [0.5, 0.6) is 5.75 Å². The number of halogens is 1. The number of carbonyl (C=O) groups is 2. The van der Waals surface area contributed by atoms with Crippen LogP contribution in [0.15, 0.2) is 72.8 Å². The molecule has 0 bridgehead atoms. The molecule has 0 radical (unpaired) electrons. The Hall–Kier alpha value is -3.51. The van der Waals surface area contributed by atoms with E-state index in [9.17, 15) is 9.59 Å². The van der Waals surface area contributed by atoms with Gasteiger partial charge in [-0.2, -0.15) is 0 Å². The van der Waals surface area contributed by atoms with Crippen molar-refractivity contribution in [3.05, 3.63) is 88.9 Å². The molecule has 6 nitrogen and oxygen atoms in total. The van der Waals surface area contributed by atoms with E-state index in [1.165, 1.54) is 0 Å². The Morgan fingerprint density at radius 1 is 0.970 bits per heavy atom. The van der Waals surface area contributed by atoms with Crippen molar-refractivity contribution in [1.29, 1.82) is 0 Å². The number of anilines is 2. The molecule has 33 heavy (non-hydrogen) atoms. The molecule has 3 aromatic carbocycles. The standard InChI is InChI=1S/C26H26ClN3O3/c1-33-24-9-3-8-23(16-24)28-25(31)19-6-2-5-18(15-19)20-7-4-14-30(17-20)26(32)29-22-12-10-21(27)11-13-22/h2-3,5-6,8-13,15-16,20H,4,7,14,17H2,1H3,(H,28,31)(H,29,32)/t20-/m1/s1. The summed E-state index contributed by atoms with van der Waals surface area (Å²) in [4.78, 5) is 27.4. The molecule has 1 aliphatic heterocycles. The number of nitrogens with one attached hydrogen (secondary N) is 2. The minimum Gasteiger partial charge on any atom is -0.497 e. The molecular weight excluding hydrogens is 438 g/mol. The molecule has 1 aliphatic rings. The Morgan fingerprint density at radius 2 is 1.76 bits per heavy atom. The molecule has 1 saturated heterocycles. The molecule has 1 fully saturated rings. The van der Waals surface area contributed by atoms with Crippen LogP contribution in [0.2, 0.25) is 5.02 Å². The number of carbonyl (C=O) groups excluding carboxylic acids is 2. The van der Waals surface area contributed by atoms with E-state index in [4.69, 9.17) is 16.3 Å². The number of likely N-dealkylation sites (tertiary alicyclic amines) is 1. The molecule has 4 rings (SSSR count). The van der Waals surface area contributed by atoms with Crippen molar-refractivity contribution < 1.29 is 14.3 Å². The van der Waals surface area contributed by atoms with Gasteiger partial charge < -0.3 is 20.3 Å². The lowest BCUT2D eigenvalue weighted by atomic mass is 9.89. The van der Waals surface area contributed by atoms with Crippen molar-refractivity contribution in [2.24, 2.45) is 0 Å². The molecule has 7 heteroatoms. The number of hydrogen-bond donors (Lipinski definition) is 2. The van der Waals surface area contributed by atoms with Gasteiger partial charge in [-0.15, -0.1) is 0 Å². The number of amides is 3. The third-order valence-electron chi connectivity index (χ3n) is 5.75. The first-order chi connectivity index (χ1) is 16.0. The molecule has 1 heterocycles. The van der Waals surface area contributed by atoms with Crippen LogP contribution in [0.1, 0.15) is 34.7 Å². The first-order valence-electron chi connectivity index (χ1n) is 10.9. The fraction of sp³-hybridized carbons (Fsp3) is 0.231. The molecule has 0 aliphatic carbocycles. The zero-order chi connectivity index (χ0) is 23.2. The summed E-state index contributed by atoms with van der Waals surface area (Å²) in [5.41, 5.74) is 3.02. The van der Waals surface area contributed by atoms with Crippen LogP contribution in [0.4, 0.5) is 16.2 Å². The summed E-state index contributed by atoms with van der Waals surface area (Å²) in [5, 5.41) is 6.48. The van der Waals surface area contributed by atoms with Gasteiger partial charge in [0.2, 0.25) is 0 Å². The fourth-order valence-corrected chi connectivity index (χ4v) is 4.13. The molecule has 0 saturated carbocycles.